The number of benzene rings is 4. The van der Waals surface area contributed by atoms with Crippen LogP contribution < -0.4 is 39.1 Å². The molecule has 4 rings (SSSR count). The Bertz CT molecular complexity index is 1750. The summed E-state index contributed by atoms with van der Waals surface area (Å²) in [5.41, 5.74) is 0. The lowest BCUT2D eigenvalue weighted by molar-refractivity contribution is -0.123. The molecule has 0 fully saturated rings. The molecule has 0 unspecified atom stereocenters. The van der Waals surface area contributed by atoms with Crippen LogP contribution in [0.2, 0.25) is 0 Å². The van der Waals surface area contributed by atoms with Gasteiger partial charge in [0.15, 0.2) is 47.7 Å². The second-order valence-corrected chi connectivity index (χ2v) is 15.7. The van der Waals surface area contributed by atoms with Crippen LogP contribution in [0.3, 0.4) is 0 Å². The van der Waals surface area contributed by atoms with Gasteiger partial charge in [0, 0.05) is 13.1 Å². The first-order valence-corrected chi connectivity index (χ1v) is 23.2. The monoisotopic (exact) mass is 831 g/mol. The minimum absolute atomic E-state index is 0.137. The molecule has 4 aromatic rings. The number of hydrogen-bond donors (Lipinski definition) is 2. The number of ether oxygens (including phenoxy) is 6. The van der Waals surface area contributed by atoms with Crippen LogP contribution in [0.1, 0.15) is 144 Å². The molecule has 0 radical (unpaired) electrons. The Morgan fingerprint density at radius 3 is 0.800 bits per heavy atom. The van der Waals surface area contributed by atoms with E-state index >= 15 is 0 Å². The van der Waals surface area contributed by atoms with E-state index in [1.807, 2.05) is 38.1 Å². The van der Waals surface area contributed by atoms with Crippen LogP contribution in [-0.4, -0.2) is 64.5 Å². The largest absolute Gasteiger partial charge is 0.490 e. The van der Waals surface area contributed by atoms with Crippen molar-refractivity contribution in [2.24, 2.45) is 0 Å². The van der Waals surface area contributed by atoms with Crippen molar-refractivity contribution in [1.82, 2.24) is 10.6 Å². The summed E-state index contributed by atoms with van der Waals surface area (Å²) in [4.78, 5) is 25.4. The maximum atomic E-state index is 12.7. The molecule has 0 bridgehead atoms. The van der Waals surface area contributed by atoms with Gasteiger partial charge in [-0.1, -0.05) is 105 Å². The van der Waals surface area contributed by atoms with Crippen LogP contribution >= 0.6 is 0 Å². The van der Waals surface area contributed by atoms with Crippen LogP contribution in [0.15, 0.2) is 36.4 Å². The number of likely N-dealkylation sites (N-methyl/N-ethyl adjacent to an activating group) is 2. The van der Waals surface area contributed by atoms with Gasteiger partial charge in [-0.15, -0.1) is 0 Å². The number of unbranched alkanes of at least 4 members (excludes halogenated alkanes) is 12. The molecule has 0 aliphatic heterocycles. The molecule has 0 atom stereocenters. The van der Waals surface area contributed by atoms with Gasteiger partial charge in [0.05, 0.1) is 26.4 Å². The highest BCUT2D eigenvalue weighted by atomic mass is 16.5. The Morgan fingerprint density at radius 1 is 0.350 bits per heavy atom. The molecule has 332 valence electrons. The van der Waals surface area contributed by atoms with Gasteiger partial charge in [0.2, 0.25) is 0 Å². The molecule has 10 heteroatoms. The van der Waals surface area contributed by atoms with Crippen molar-refractivity contribution in [2.75, 3.05) is 52.7 Å². The van der Waals surface area contributed by atoms with Gasteiger partial charge in [-0.05, 0) is 108 Å². The predicted molar refractivity (Wildman–Crippen MR) is 246 cm³/mol. The summed E-state index contributed by atoms with van der Waals surface area (Å²) in [5.74, 6) is 3.12. The molecule has 0 aliphatic carbocycles. The molecular formula is C50H74N2O8. The number of amides is 2. The Labute approximate surface area is 359 Å². The molecular weight excluding hydrogens is 757 g/mol. The summed E-state index contributed by atoms with van der Waals surface area (Å²) in [6, 6.07) is 12.2. The van der Waals surface area contributed by atoms with Crippen LogP contribution in [0.25, 0.3) is 32.3 Å². The van der Waals surface area contributed by atoms with Crippen molar-refractivity contribution >= 4 is 44.1 Å². The van der Waals surface area contributed by atoms with Crippen molar-refractivity contribution in [3.63, 3.8) is 0 Å². The van der Waals surface area contributed by atoms with E-state index in [9.17, 15) is 9.59 Å². The third-order valence-corrected chi connectivity index (χ3v) is 10.6. The smallest absolute Gasteiger partial charge is 0.257 e. The van der Waals surface area contributed by atoms with Gasteiger partial charge in [-0.25, -0.2) is 0 Å². The summed E-state index contributed by atoms with van der Waals surface area (Å²) in [6.45, 7) is 15.5. The van der Waals surface area contributed by atoms with Gasteiger partial charge >= 0.3 is 0 Å². The first-order valence-electron chi connectivity index (χ1n) is 23.2. The normalized spacial score (nSPS) is 11.2. The Hall–Kier alpha value is -4.60. The molecule has 0 aliphatic rings. The van der Waals surface area contributed by atoms with E-state index in [0.717, 1.165) is 135 Å². The highest BCUT2D eigenvalue weighted by Crippen LogP contribution is 2.47. The number of hydrogen-bond acceptors (Lipinski definition) is 8. The minimum atomic E-state index is -0.199. The van der Waals surface area contributed by atoms with Crippen LogP contribution in [0.4, 0.5) is 0 Å². The highest BCUT2D eigenvalue weighted by molar-refractivity contribution is 6.27. The summed E-state index contributed by atoms with van der Waals surface area (Å²) in [7, 11) is 0. The molecule has 2 amide bonds. The van der Waals surface area contributed by atoms with E-state index in [2.05, 4.69) is 50.5 Å². The van der Waals surface area contributed by atoms with E-state index < -0.39 is 0 Å². The zero-order valence-corrected chi connectivity index (χ0v) is 37.7. The first-order chi connectivity index (χ1) is 29.4. The quantitative estimate of drug-likeness (QED) is 0.0369. The summed E-state index contributed by atoms with van der Waals surface area (Å²) >= 11 is 0. The number of fused-ring (bicyclic) bond motifs is 6. The number of carbonyl (C=O) groups is 2. The molecule has 0 heterocycles. The molecule has 2 N–H and O–H groups in total. The Balaban J connectivity index is 2.00. The fourth-order valence-corrected chi connectivity index (χ4v) is 7.32. The lowest BCUT2D eigenvalue weighted by Gasteiger charge is -2.20. The van der Waals surface area contributed by atoms with Crippen molar-refractivity contribution in [3.05, 3.63) is 36.4 Å². The van der Waals surface area contributed by atoms with Crippen LogP contribution in [0, 0.1) is 0 Å². The molecule has 60 heavy (non-hydrogen) atoms. The molecule has 10 nitrogen and oxygen atoms in total. The van der Waals surface area contributed by atoms with Crippen molar-refractivity contribution in [2.45, 2.75) is 144 Å². The van der Waals surface area contributed by atoms with E-state index in [-0.39, 0.29) is 25.0 Å². The lowest BCUT2D eigenvalue weighted by atomic mass is 9.93. The minimum Gasteiger partial charge on any atom is -0.490 e. The fourth-order valence-electron chi connectivity index (χ4n) is 7.32. The van der Waals surface area contributed by atoms with Crippen molar-refractivity contribution < 1.29 is 38.0 Å². The van der Waals surface area contributed by atoms with E-state index in [0.29, 0.717) is 74.0 Å². The molecule has 0 spiro atoms. The first kappa shape index (κ1) is 48.1. The summed E-state index contributed by atoms with van der Waals surface area (Å²) in [5, 5.41) is 11.2. The lowest BCUT2D eigenvalue weighted by Crippen LogP contribution is -2.28. The number of nitrogens with one attached hydrogen (secondary N) is 2. The van der Waals surface area contributed by atoms with Crippen LogP contribution in [0.5, 0.6) is 34.5 Å². The zero-order chi connectivity index (χ0) is 43.0. The maximum absolute atomic E-state index is 12.7. The zero-order valence-electron chi connectivity index (χ0n) is 37.7. The molecule has 0 saturated heterocycles. The van der Waals surface area contributed by atoms with E-state index in [1.165, 1.54) is 0 Å². The number of rotatable bonds is 32. The number of carbonyl (C=O) groups excluding carboxylic acids is 2. The summed E-state index contributed by atoms with van der Waals surface area (Å²) < 4.78 is 38.6. The average molecular weight is 831 g/mol. The topological polar surface area (TPSA) is 114 Å². The second-order valence-electron chi connectivity index (χ2n) is 15.7. The summed E-state index contributed by atoms with van der Waals surface area (Å²) in [6.07, 6.45) is 17.2. The van der Waals surface area contributed by atoms with Gasteiger partial charge in [-0.3, -0.25) is 9.59 Å². The van der Waals surface area contributed by atoms with Gasteiger partial charge < -0.3 is 39.1 Å². The average Bonchev–Trinajstić information content (AvgIpc) is 3.25. The molecule has 0 saturated carbocycles. The second kappa shape index (κ2) is 27.3. The maximum Gasteiger partial charge on any atom is 0.257 e. The predicted octanol–water partition coefficient (Wildman–Crippen LogP) is 12.0. The Morgan fingerprint density at radius 2 is 0.583 bits per heavy atom. The standard InChI is InChI=1S/C50H74N2O8/c1-7-13-17-21-25-55-43-29-37-38(30-44(43)56-26-22-18-14-8-2)42-34-48(60-36-50(54)52-12-6)46(58-28-24-20-16-10-4)32-40(42)39-31-45(57-27-23-19-15-9-3)47(33-41(37)39)59-35-49(53)51-11-5/h29-34H,7-28,35-36H2,1-6H3,(H,51,53)(H,52,54). The van der Waals surface area contributed by atoms with Crippen LogP contribution in [-0.2, 0) is 9.59 Å². The van der Waals surface area contributed by atoms with E-state index in [1.54, 1.807) is 0 Å². The van der Waals surface area contributed by atoms with Gasteiger partial charge in [0.1, 0.15) is 0 Å². The van der Waals surface area contributed by atoms with E-state index in [4.69, 9.17) is 28.4 Å². The SMILES string of the molecule is CCCCCCOc1cc2c(cc1OCCCCCC)c1cc(OCC(=O)NCC)c(OCCCCCC)cc1c1cc(OCCCCCC)c(OCC(=O)NCC)cc21. The van der Waals surface area contributed by atoms with Gasteiger partial charge in [0.25, 0.3) is 11.8 Å². The molecule has 4 aromatic carbocycles. The Kier molecular flexibility index (Phi) is 21.9. The molecule has 0 aromatic heterocycles. The van der Waals surface area contributed by atoms with Crippen molar-refractivity contribution in [1.29, 1.82) is 0 Å². The fraction of sp³-hybridized carbons (Fsp3) is 0.600. The third kappa shape index (κ3) is 14.8. The van der Waals surface area contributed by atoms with Crippen molar-refractivity contribution in [3.8, 4) is 34.5 Å². The van der Waals surface area contributed by atoms with Gasteiger partial charge in [-0.2, -0.15) is 0 Å². The highest BCUT2D eigenvalue weighted by Gasteiger charge is 2.21. The third-order valence-electron chi connectivity index (χ3n) is 10.6.